The molecule has 188 valence electrons. The Bertz CT molecular complexity index is 1320. The number of fused-ring (bicyclic) bond motifs is 1. The van der Waals surface area contributed by atoms with Crippen LogP contribution in [0.3, 0.4) is 0 Å². The van der Waals surface area contributed by atoms with E-state index in [1.54, 1.807) is 35.5 Å². The summed E-state index contributed by atoms with van der Waals surface area (Å²) in [5.74, 6) is 0.725. The number of ether oxygens (including phenoxy) is 1. The van der Waals surface area contributed by atoms with Gasteiger partial charge in [-0.25, -0.2) is 17.8 Å². The van der Waals surface area contributed by atoms with E-state index in [1.807, 2.05) is 12.1 Å². The summed E-state index contributed by atoms with van der Waals surface area (Å²) in [7, 11) is -3.57. The SMILES string of the molecule is Cc1ccc(CSc2nc3cc(S(=O)(=O)N4CCC[C@@H](C)C4)ccc3n2C[C@H]2CCCO2)cc1F. The number of imidazole rings is 1. The molecule has 2 aliphatic heterocycles. The predicted molar refractivity (Wildman–Crippen MR) is 137 cm³/mol. The standard InChI is InChI=1S/C26H32FN3O3S2/c1-18-5-3-11-29(15-18)35(31,32)22-9-10-25-24(14-22)28-26(30(25)16-21-6-4-12-33-21)34-17-20-8-7-19(2)23(27)13-20/h7-10,13-14,18,21H,3-6,11-12,15-17H2,1-2H3/t18-,21-/m1/s1. The highest BCUT2D eigenvalue weighted by Gasteiger charge is 2.29. The Morgan fingerprint density at radius 1 is 1.17 bits per heavy atom. The van der Waals surface area contributed by atoms with Gasteiger partial charge in [-0.05, 0) is 73.9 Å². The minimum absolute atomic E-state index is 0.113. The molecule has 2 atom stereocenters. The molecule has 0 N–H and O–H groups in total. The molecule has 0 bridgehead atoms. The molecule has 0 spiro atoms. The fraction of sp³-hybridized carbons (Fsp3) is 0.500. The number of hydrogen-bond donors (Lipinski definition) is 0. The number of benzene rings is 2. The summed E-state index contributed by atoms with van der Waals surface area (Å²) in [6, 6.07) is 10.6. The van der Waals surface area contributed by atoms with Crippen molar-refractivity contribution >= 4 is 32.8 Å². The summed E-state index contributed by atoms with van der Waals surface area (Å²) < 4.78 is 50.4. The van der Waals surface area contributed by atoms with Crippen molar-refractivity contribution in [1.29, 1.82) is 0 Å². The molecule has 0 aliphatic carbocycles. The zero-order valence-electron chi connectivity index (χ0n) is 20.2. The molecule has 2 fully saturated rings. The molecule has 2 aliphatic rings. The van der Waals surface area contributed by atoms with Crippen LogP contribution in [0.1, 0.15) is 43.7 Å². The molecule has 2 aromatic carbocycles. The van der Waals surface area contributed by atoms with Crippen LogP contribution in [0.25, 0.3) is 11.0 Å². The van der Waals surface area contributed by atoms with Crippen molar-refractivity contribution in [3.05, 3.63) is 53.3 Å². The maximum absolute atomic E-state index is 14.0. The van der Waals surface area contributed by atoms with E-state index in [0.29, 0.717) is 42.4 Å². The average molecular weight is 518 g/mol. The number of sulfonamides is 1. The van der Waals surface area contributed by atoms with Crippen molar-refractivity contribution in [3.8, 4) is 0 Å². The zero-order chi connectivity index (χ0) is 24.6. The Morgan fingerprint density at radius 2 is 2.03 bits per heavy atom. The quantitative estimate of drug-likeness (QED) is 0.394. The van der Waals surface area contributed by atoms with E-state index in [9.17, 15) is 12.8 Å². The van der Waals surface area contributed by atoms with Crippen LogP contribution in [0.15, 0.2) is 46.5 Å². The van der Waals surface area contributed by atoms with Crippen molar-refractivity contribution in [1.82, 2.24) is 13.9 Å². The maximum atomic E-state index is 14.0. The Kier molecular flexibility index (Phi) is 7.21. The minimum atomic E-state index is -3.57. The third-order valence-electron chi connectivity index (χ3n) is 6.96. The summed E-state index contributed by atoms with van der Waals surface area (Å²) in [5, 5.41) is 0.789. The Balaban J connectivity index is 1.46. The molecule has 2 saturated heterocycles. The number of piperidine rings is 1. The van der Waals surface area contributed by atoms with E-state index in [4.69, 9.17) is 9.72 Å². The van der Waals surface area contributed by atoms with Gasteiger partial charge in [0.25, 0.3) is 0 Å². The van der Waals surface area contributed by atoms with Gasteiger partial charge < -0.3 is 9.30 Å². The Morgan fingerprint density at radius 3 is 2.77 bits per heavy atom. The molecule has 35 heavy (non-hydrogen) atoms. The van der Waals surface area contributed by atoms with Gasteiger partial charge in [-0.15, -0.1) is 0 Å². The molecule has 0 amide bonds. The first-order valence-corrected chi connectivity index (χ1v) is 14.7. The van der Waals surface area contributed by atoms with Gasteiger partial charge in [0.05, 0.1) is 28.6 Å². The second kappa shape index (κ2) is 10.2. The van der Waals surface area contributed by atoms with Crippen LogP contribution < -0.4 is 0 Å². The van der Waals surface area contributed by atoms with Gasteiger partial charge >= 0.3 is 0 Å². The van der Waals surface area contributed by atoms with Gasteiger partial charge in [0.1, 0.15) is 5.82 Å². The summed E-state index contributed by atoms with van der Waals surface area (Å²) in [6.07, 6.45) is 4.09. The van der Waals surface area contributed by atoms with Crippen LogP contribution in [-0.2, 0) is 27.1 Å². The molecule has 0 saturated carbocycles. The number of halogens is 1. The number of nitrogens with zero attached hydrogens (tertiary/aromatic N) is 3. The molecule has 6 nitrogen and oxygen atoms in total. The topological polar surface area (TPSA) is 64.4 Å². The van der Waals surface area contributed by atoms with Crippen molar-refractivity contribution in [2.75, 3.05) is 19.7 Å². The van der Waals surface area contributed by atoms with Crippen molar-refractivity contribution in [2.45, 2.75) is 68.0 Å². The zero-order valence-corrected chi connectivity index (χ0v) is 21.9. The monoisotopic (exact) mass is 517 g/mol. The van der Waals surface area contributed by atoms with Gasteiger partial charge in [0.15, 0.2) is 5.16 Å². The molecule has 5 rings (SSSR count). The first-order valence-electron chi connectivity index (χ1n) is 12.3. The number of hydrogen-bond acceptors (Lipinski definition) is 5. The van der Waals surface area contributed by atoms with Gasteiger partial charge in [-0.2, -0.15) is 4.31 Å². The highest BCUT2D eigenvalue weighted by molar-refractivity contribution is 7.98. The summed E-state index contributed by atoms with van der Waals surface area (Å²) in [4.78, 5) is 5.13. The predicted octanol–water partition coefficient (Wildman–Crippen LogP) is 5.38. The first-order chi connectivity index (χ1) is 16.8. The van der Waals surface area contributed by atoms with Crippen LogP contribution >= 0.6 is 11.8 Å². The summed E-state index contributed by atoms with van der Waals surface area (Å²) in [6.45, 7) is 6.40. The van der Waals surface area contributed by atoms with Gasteiger partial charge in [0.2, 0.25) is 10.0 Å². The van der Waals surface area contributed by atoms with Crippen molar-refractivity contribution in [2.24, 2.45) is 5.92 Å². The number of rotatable bonds is 7. The molecule has 9 heteroatoms. The van der Waals surface area contributed by atoms with Crippen molar-refractivity contribution < 1.29 is 17.5 Å². The third-order valence-corrected chi connectivity index (χ3v) is 9.87. The lowest BCUT2D eigenvalue weighted by Crippen LogP contribution is -2.39. The number of aryl methyl sites for hydroxylation is 1. The first kappa shape index (κ1) is 24.7. The Labute approximate surface area is 210 Å². The average Bonchev–Trinajstić information content (AvgIpc) is 3.48. The van der Waals surface area contributed by atoms with Gasteiger partial charge in [-0.1, -0.05) is 30.8 Å². The molecule has 0 radical (unpaired) electrons. The van der Waals surface area contributed by atoms with Crippen LogP contribution in [0.4, 0.5) is 4.39 Å². The van der Waals surface area contributed by atoms with Gasteiger partial charge in [0, 0.05) is 25.4 Å². The van der Waals surface area contributed by atoms with E-state index >= 15 is 0 Å². The lowest BCUT2D eigenvalue weighted by atomic mass is 10.0. The molecule has 3 aromatic rings. The highest BCUT2D eigenvalue weighted by Crippen LogP contribution is 2.31. The second-order valence-electron chi connectivity index (χ2n) is 9.77. The molecular formula is C26H32FN3O3S2. The lowest BCUT2D eigenvalue weighted by Gasteiger charge is -2.30. The highest BCUT2D eigenvalue weighted by atomic mass is 32.2. The molecule has 3 heterocycles. The van der Waals surface area contributed by atoms with Crippen LogP contribution in [-0.4, -0.2) is 48.1 Å². The normalized spacial score (nSPS) is 21.7. The Hall–Kier alpha value is -1.94. The van der Waals surface area contributed by atoms with E-state index < -0.39 is 10.0 Å². The van der Waals surface area contributed by atoms with Gasteiger partial charge in [-0.3, -0.25) is 0 Å². The minimum Gasteiger partial charge on any atom is -0.376 e. The lowest BCUT2D eigenvalue weighted by molar-refractivity contribution is 0.0960. The van der Waals surface area contributed by atoms with E-state index in [-0.39, 0.29) is 16.8 Å². The van der Waals surface area contributed by atoms with E-state index in [1.165, 1.54) is 11.8 Å². The molecule has 1 aromatic heterocycles. The smallest absolute Gasteiger partial charge is 0.243 e. The number of thioether (sulfide) groups is 1. The number of aromatic nitrogens is 2. The fourth-order valence-electron chi connectivity index (χ4n) is 4.91. The molecular weight excluding hydrogens is 485 g/mol. The van der Waals surface area contributed by atoms with Crippen LogP contribution in [0.5, 0.6) is 0 Å². The second-order valence-corrected chi connectivity index (χ2v) is 12.7. The molecule has 0 unspecified atom stereocenters. The summed E-state index contributed by atoms with van der Waals surface area (Å²) in [5.41, 5.74) is 3.06. The summed E-state index contributed by atoms with van der Waals surface area (Å²) >= 11 is 1.54. The van der Waals surface area contributed by atoms with Crippen LogP contribution in [0, 0.1) is 18.7 Å². The maximum Gasteiger partial charge on any atom is 0.243 e. The van der Waals surface area contributed by atoms with E-state index in [0.717, 1.165) is 48.5 Å². The van der Waals surface area contributed by atoms with Crippen molar-refractivity contribution in [3.63, 3.8) is 0 Å². The third kappa shape index (κ3) is 5.28. The van der Waals surface area contributed by atoms with E-state index in [2.05, 4.69) is 11.5 Å². The fourth-order valence-corrected chi connectivity index (χ4v) is 7.50. The largest absolute Gasteiger partial charge is 0.376 e. The van der Waals surface area contributed by atoms with Crippen LogP contribution in [0.2, 0.25) is 0 Å².